The van der Waals surface area contributed by atoms with Gasteiger partial charge in [0.15, 0.2) is 0 Å². The van der Waals surface area contributed by atoms with Gasteiger partial charge in [-0.1, -0.05) is 40.5 Å². The molecule has 0 spiro atoms. The third kappa shape index (κ3) is 1.53. The minimum Gasteiger partial charge on any atom is -0.0619 e. The molecule has 1 rings (SSSR count). The highest BCUT2D eigenvalue weighted by molar-refractivity contribution is 5.07. The highest BCUT2D eigenvalue weighted by Crippen LogP contribution is 2.44. The number of hydrogen-bond acceptors (Lipinski definition) is 0. The van der Waals surface area contributed by atoms with Crippen LogP contribution < -0.4 is 0 Å². The van der Waals surface area contributed by atoms with Crippen molar-refractivity contribution in [1.29, 1.82) is 0 Å². The summed E-state index contributed by atoms with van der Waals surface area (Å²) in [5, 5.41) is 0. The highest BCUT2D eigenvalue weighted by Gasteiger charge is 2.33. The molecule has 0 aromatic rings. The highest BCUT2D eigenvalue weighted by atomic mass is 14.4. The van der Waals surface area contributed by atoms with E-state index in [2.05, 4.69) is 27.7 Å². The summed E-state index contributed by atoms with van der Waals surface area (Å²) in [6.45, 7) is 9.38. The Hall–Kier alpha value is 0. The zero-order valence-electron chi connectivity index (χ0n) is 7.70. The van der Waals surface area contributed by atoms with E-state index in [0.29, 0.717) is 5.41 Å². The van der Waals surface area contributed by atoms with Gasteiger partial charge in [0.1, 0.15) is 0 Å². The lowest BCUT2D eigenvalue weighted by atomic mass is 9.75. The molecule has 1 fully saturated rings. The summed E-state index contributed by atoms with van der Waals surface area (Å²) in [5.74, 6) is 2.67. The number of hydrogen-bond donors (Lipinski definition) is 0. The van der Waals surface area contributed by atoms with Crippen molar-refractivity contribution >= 4 is 0 Å². The zero-order chi connectivity index (χ0) is 7.78. The molecule has 0 bridgehead atoms. The van der Waals surface area contributed by atoms with Crippen LogP contribution in [0, 0.1) is 17.3 Å². The molecular weight excluding hydrogens is 120 g/mol. The standard InChI is InChI=1S/C10H19/c1-8-6-5-7-9(8)10(2,3)4/h8H,5-7H2,1-4H3. The molecule has 0 aromatic carbocycles. The fraction of sp³-hybridized carbons (Fsp3) is 0.900. The zero-order valence-corrected chi connectivity index (χ0v) is 7.70. The molecule has 1 radical (unpaired) electrons. The van der Waals surface area contributed by atoms with Crippen molar-refractivity contribution < 1.29 is 0 Å². The summed E-state index contributed by atoms with van der Waals surface area (Å²) in [5.41, 5.74) is 0.468. The maximum Gasteiger partial charge on any atom is -0.0159 e. The Bertz CT molecular complexity index is 108. The Balaban J connectivity index is 2.55. The van der Waals surface area contributed by atoms with Crippen molar-refractivity contribution in [2.24, 2.45) is 11.3 Å². The van der Waals surface area contributed by atoms with Crippen LogP contribution in [0.1, 0.15) is 47.0 Å². The van der Waals surface area contributed by atoms with Crippen LogP contribution in [0.15, 0.2) is 0 Å². The minimum absolute atomic E-state index is 0.468. The first-order chi connectivity index (χ1) is 4.52. The maximum absolute atomic E-state index is 2.37. The third-order valence-electron chi connectivity index (χ3n) is 2.64. The van der Waals surface area contributed by atoms with Crippen molar-refractivity contribution in [3.8, 4) is 0 Å². The van der Waals surface area contributed by atoms with E-state index < -0.39 is 0 Å². The Morgan fingerprint density at radius 3 is 2.10 bits per heavy atom. The molecule has 0 amide bonds. The van der Waals surface area contributed by atoms with E-state index in [1.165, 1.54) is 19.3 Å². The van der Waals surface area contributed by atoms with E-state index in [1.807, 2.05) is 0 Å². The molecule has 0 saturated heterocycles. The molecule has 1 aliphatic rings. The molecule has 0 aromatic heterocycles. The van der Waals surface area contributed by atoms with E-state index in [1.54, 1.807) is 5.92 Å². The molecule has 0 heterocycles. The quantitative estimate of drug-likeness (QED) is 0.482. The van der Waals surface area contributed by atoms with Crippen LogP contribution in [0.4, 0.5) is 0 Å². The fourth-order valence-electron chi connectivity index (χ4n) is 2.13. The summed E-state index contributed by atoms with van der Waals surface area (Å²) < 4.78 is 0. The smallest absolute Gasteiger partial charge is 0.0159 e. The molecule has 0 N–H and O–H groups in total. The van der Waals surface area contributed by atoms with E-state index in [4.69, 9.17) is 0 Å². The topological polar surface area (TPSA) is 0 Å². The van der Waals surface area contributed by atoms with Gasteiger partial charge in [0.05, 0.1) is 0 Å². The summed E-state index contributed by atoms with van der Waals surface area (Å²) in [6, 6.07) is 0. The Labute approximate surface area is 65.0 Å². The lowest BCUT2D eigenvalue weighted by Crippen LogP contribution is -2.19. The summed E-state index contributed by atoms with van der Waals surface area (Å²) >= 11 is 0. The Kier molecular flexibility index (Phi) is 2.07. The first kappa shape index (κ1) is 8.10. The molecule has 1 atom stereocenters. The SMILES string of the molecule is CC1CCC[C]1C(C)(C)C. The van der Waals surface area contributed by atoms with Crippen LogP contribution in [-0.4, -0.2) is 0 Å². The van der Waals surface area contributed by atoms with Gasteiger partial charge in [0.2, 0.25) is 0 Å². The first-order valence-corrected chi connectivity index (χ1v) is 4.38. The van der Waals surface area contributed by atoms with Crippen molar-refractivity contribution in [3.63, 3.8) is 0 Å². The maximum atomic E-state index is 2.37. The largest absolute Gasteiger partial charge is 0.0619 e. The lowest BCUT2D eigenvalue weighted by Gasteiger charge is -2.29. The average Bonchev–Trinajstić information content (AvgIpc) is 2.11. The lowest BCUT2D eigenvalue weighted by molar-refractivity contribution is 0.370. The van der Waals surface area contributed by atoms with Gasteiger partial charge in [0.25, 0.3) is 0 Å². The molecule has 1 unspecified atom stereocenters. The van der Waals surface area contributed by atoms with Gasteiger partial charge in [0, 0.05) is 0 Å². The van der Waals surface area contributed by atoms with Crippen LogP contribution in [0.2, 0.25) is 0 Å². The number of rotatable bonds is 0. The molecule has 59 valence electrons. The fourth-order valence-corrected chi connectivity index (χ4v) is 2.13. The van der Waals surface area contributed by atoms with Crippen molar-refractivity contribution in [2.45, 2.75) is 47.0 Å². The Morgan fingerprint density at radius 1 is 1.30 bits per heavy atom. The van der Waals surface area contributed by atoms with Gasteiger partial charge < -0.3 is 0 Å². The van der Waals surface area contributed by atoms with E-state index in [-0.39, 0.29) is 0 Å². The molecule has 1 aliphatic carbocycles. The monoisotopic (exact) mass is 139 g/mol. The van der Waals surface area contributed by atoms with Crippen molar-refractivity contribution in [2.75, 3.05) is 0 Å². The summed E-state index contributed by atoms with van der Waals surface area (Å²) in [6.07, 6.45) is 4.23. The first-order valence-electron chi connectivity index (χ1n) is 4.38. The van der Waals surface area contributed by atoms with Crippen LogP contribution in [0.5, 0.6) is 0 Å². The molecule has 0 aliphatic heterocycles. The van der Waals surface area contributed by atoms with Gasteiger partial charge in [-0.2, -0.15) is 0 Å². The van der Waals surface area contributed by atoms with Crippen LogP contribution >= 0.6 is 0 Å². The predicted molar refractivity (Wildman–Crippen MR) is 45.7 cm³/mol. The van der Waals surface area contributed by atoms with Gasteiger partial charge >= 0.3 is 0 Å². The molecule has 0 heteroatoms. The van der Waals surface area contributed by atoms with Gasteiger partial charge in [-0.25, -0.2) is 0 Å². The summed E-state index contributed by atoms with van der Waals surface area (Å²) in [4.78, 5) is 0. The Morgan fingerprint density at radius 2 is 1.90 bits per heavy atom. The normalized spacial score (nSPS) is 29.4. The second-order valence-electron chi connectivity index (χ2n) is 4.57. The minimum atomic E-state index is 0.468. The van der Waals surface area contributed by atoms with E-state index in [0.717, 1.165) is 5.92 Å². The van der Waals surface area contributed by atoms with Crippen molar-refractivity contribution in [3.05, 3.63) is 5.92 Å². The van der Waals surface area contributed by atoms with Gasteiger partial charge in [-0.3, -0.25) is 0 Å². The van der Waals surface area contributed by atoms with Crippen LogP contribution in [-0.2, 0) is 0 Å². The second kappa shape index (κ2) is 2.56. The molecule has 10 heavy (non-hydrogen) atoms. The van der Waals surface area contributed by atoms with E-state index in [9.17, 15) is 0 Å². The average molecular weight is 139 g/mol. The van der Waals surface area contributed by atoms with Gasteiger partial charge in [-0.05, 0) is 23.7 Å². The second-order valence-corrected chi connectivity index (χ2v) is 4.57. The van der Waals surface area contributed by atoms with Crippen LogP contribution in [0.3, 0.4) is 0 Å². The molecule has 1 saturated carbocycles. The summed E-state index contributed by atoms with van der Waals surface area (Å²) in [7, 11) is 0. The van der Waals surface area contributed by atoms with Crippen LogP contribution in [0.25, 0.3) is 0 Å². The molecule has 0 nitrogen and oxygen atoms in total. The molecular formula is C10H19. The van der Waals surface area contributed by atoms with E-state index >= 15 is 0 Å². The third-order valence-corrected chi connectivity index (χ3v) is 2.64. The van der Waals surface area contributed by atoms with Gasteiger partial charge in [-0.15, -0.1) is 0 Å². The van der Waals surface area contributed by atoms with Crippen molar-refractivity contribution in [1.82, 2.24) is 0 Å². The predicted octanol–water partition coefficient (Wildman–Crippen LogP) is 3.43.